The van der Waals surface area contributed by atoms with Crippen molar-refractivity contribution in [1.29, 1.82) is 0 Å². The fourth-order valence-corrected chi connectivity index (χ4v) is 1.25. The van der Waals surface area contributed by atoms with Crippen LogP contribution in [0.15, 0.2) is 0 Å². The van der Waals surface area contributed by atoms with Crippen LogP contribution in [0.3, 0.4) is 0 Å². The van der Waals surface area contributed by atoms with Gasteiger partial charge in [0.15, 0.2) is 0 Å². The van der Waals surface area contributed by atoms with Crippen LogP contribution in [0.1, 0.15) is 12.8 Å². The van der Waals surface area contributed by atoms with Gasteiger partial charge in [-0.3, -0.25) is 9.59 Å². The molecule has 0 saturated heterocycles. The number of hydrogen-bond donors (Lipinski definition) is 3. The molecule has 2 amide bonds. The van der Waals surface area contributed by atoms with Gasteiger partial charge in [0.2, 0.25) is 11.8 Å². The summed E-state index contributed by atoms with van der Waals surface area (Å²) in [6, 6.07) is 0. The lowest BCUT2D eigenvalue weighted by Crippen LogP contribution is -2.42. The summed E-state index contributed by atoms with van der Waals surface area (Å²) < 4.78 is 5.24. The summed E-state index contributed by atoms with van der Waals surface area (Å²) in [6.07, 6.45) is 1.33. The van der Waals surface area contributed by atoms with Crippen molar-refractivity contribution >= 4 is 11.8 Å². The molecule has 0 heterocycles. The zero-order valence-electron chi connectivity index (χ0n) is 7.86. The van der Waals surface area contributed by atoms with E-state index >= 15 is 0 Å². The maximum Gasteiger partial charge on any atom is 0.235 e. The second-order valence-corrected chi connectivity index (χ2v) is 3.31. The quantitative estimate of drug-likeness (QED) is 0.461. The van der Waals surface area contributed by atoms with Gasteiger partial charge in [0.05, 0.1) is 12.6 Å². The van der Waals surface area contributed by atoms with Crippen molar-refractivity contribution in [3.8, 4) is 0 Å². The Morgan fingerprint density at radius 1 is 1.43 bits per heavy atom. The van der Waals surface area contributed by atoms with E-state index in [4.69, 9.17) is 16.2 Å². The van der Waals surface area contributed by atoms with Crippen LogP contribution in [-0.4, -0.2) is 31.2 Å². The van der Waals surface area contributed by atoms with Crippen LogP contribution in [0.2, 0.25) is 0 Å². The van der Waals surface area contributed by atoms with Crippen LogP contribution in [0.25, 0.3) is 0 Å². The number of rotatable bonds is 5. The van der Waals surface area contributed by atoms with Crippen LogP contribution in [0.4, 0.5) is 0 Å². The number of amides is 2. The van der Waals surface area contributed by atoms with Gasteiger partial charge in [0, 0.05) is 5.92 Å². The van der Waals surface area contributed by atoms with Gasteiger partial charge in [0.25, 0.3) is 0 Å². The van der Waals surface area contributed by atoms with Gasteiger partial charge in [-0.25, -0.2) is 0 Å². The summed E-state index contributed by atoms with van der Waals surface area (Å²) in [5, 5.41) is 2.47. The molecule has 6 heteroatoms. The van der Waals surface area contributed by atoms with E-state index in [0.29, 0.717) is 12.8 Å². The minimum absolute atomic E-state index is 0.0329. The molecule has 0 radical (unpaired) electrons. The molecule has 0 atom stereocenters. The van der Waals surface area contributed by atoms with Crippen molar-refractivity contribution in [2.45, 2.75) is 18.9 Å². The number of primary amides is 1. The first kappa shape index (κ1) is 10.9. The largest absolute Gasteiger partial charge is 0.369 e. The Morgan fingerprint density at radius 3 is 2.57 bits per heavy atom. The molecular formula is C8H15N3O3. The lowest BCUT2D eigenvalue weighted by atomic mass is 9.82. The summed E-state index contributed by atoms with van der Waals surface area (Å²) in [5.41, 5.74) is 10.1. The summed E-state index contributed by atoms with van der Waals surface area (Å²) >= 11 is 0. The van der Waals surface area contributed by atoms with E-state index in [9.17, 15) is 9.59 Å². The first-order valence-electron chi connectivity index (χ1n) is 4.51. The average molecular weight is 201 g/mol. The number of hydrogen-bond acceptors (Lipinski definition) is 4. The molecule has 1 saturated carbocycles. The van der Waals surface area contributed by atoms with Crippen LogP contribution in [-0.2, 0) is 14.3 Å². The summed E-state index contributed by atoms with van der Waals surface area (Å²) in [7, 11) is 0. The molecule has 1 aliphatic carbocycles. The van der Waals surface area contributed by atoms with Crippen molar-refractivity contribution < 1.29 is 14.3 Å². The van der Waals surface area contributed by atoms with Gasteiger partial charge in [0.1, 0.15) is 6.73 Å². The second-order valence-electron chi connectivity index (χ2n) is 3.31. The van der Waals surface area contributed by atoms with Crippen molar-refractivity contribution in [3.05, 3.63) is 0 Å². The van der Waals surface area contributed by atoms with Crippen molar-refractivity contribution in [1.82, 2.24) is 5.32 Å². The highest BCUT2D eigenvalue weighted by atomic mass is 16.5. The van der Waals surface area contributed by atoms with Gasteiger partial charge >= 0.3 is 0 Å². The fourth-order valence-electron chi connectivity index (χ4n) is 1.25. The number of carbonyl (C=O) groups is 2. The Morgan fingerprint density at radius 2 is 2.07 bits per heavy atom. The van der Waals surface area contributed by atoms with E-state index in [1.54, 1.807) is 0 Å². The smallest absolute Gasteiger partial charge is 0.235 e. The molecule has 0 aromatic heterocycles. The monoisotopic (exact) mass is 201 g/mol. The first-order valence-corrected chi connectivity index (χ1v) is 4.51. The highest BCUT2D eigenvalue weighted by Gasteiger charge is 2.33. The zero-order chi connectivity index (χ0) is 10.6. The topological polar surface area (TPSA) is 107 Å². The van der Waals surface area contributed by atoms with Gasteiger partial charge < -0.3 is 21.5 Å². The number of nitrogens with two attached hydrogens (primary N) is 2. The summed E-state index contributed by atoms with van der Waals surface area (Å²) in [6.45, 7) is 0.101. The van der Waals surface area contributed by atoms with Crippen molar-refractivity contribution in [2.24, 2.45) is 17.4 Å². The third kappa shape index (κ3) is 2.97. The molecule has 0 spiro atoms. The van der Waals surface area contributed by atoms with Crippen LogP contribution in [0.5, 0.6) is 0 Å². The van der Waals surface area contributed by atoms with Gasteiger partial charge in [-0.15, -0.1) is 0 Å². The molecule has 1 aliphatic rings. The Kier molecular flexibility index (Phi) is 3.84. The van der Waals surface area contributed by atoms with Gasteiger partial charge in [-0.2, -0.15) is 0 Å². The maximum atomic E-state index is 10.7. The predicted molar refractivity (Wildman–Crippen MR) is 48.9 cm³/mol. The molecule has 0 aromatic carbocycles. The molecular weight excluding hydrogens is 186 g/mol. The molecule has 80 valence electrons. The second kappa shape index (κ2) is 4.92. The summed E-state index contributed by atoms with van der Waals surface area (Å²) in [4.78, 5) is 21.3. The molecule has 1 fully saturated rings. The van der Waals surface area contributed by atoms with Gasteiger partial charge in [-0.05, 0) is 12.8 Å². The normalized spacial score (nSPS) is 25.2. The molecule has 0 aromatic rings. The molecule has 0 aliphatic heterocycles. The Balaban J connectivity index is 2.01. The lowest BCUT2D eigenvalue weighted by Gasteiger charge is -2.32. The van der Waals surface area contributed by atoms with Crippen molar-refractivity contribution in [2.75, 3.05) is 13.3 Å². The number of carbonyl (C=O) groups excluding carboxylic acids is 2. The zero-order valence-corrected chi connectivity index (χ0v) is 7.86. The van der Waals surface area contributed by atoms with Crippen molar-refractivity contribution in [3.63, 3.8) is 0 Å². The van der Waals surface area contributed by atoms with Crippen LogP contribution in [0, 0.1) is 5.92 Å². The number of nitrogens with one attached hydrogen (secondary N) is 1. The Hall–Kier alpha value is -1.14. The molecule has 14 heavy (non-hydrogen) atoms. The standard InChI is InChI=1S/C8H15N3O3/c9-3-7(12)11-4-14-6-1-5(2-6)8(10)13/h5-6H,1-4,9H2,(H2,10,13)(H,11,12). The molecule has 5 N–H and O–H groups in total. The highest BCUT2D eigenvalue weighted by molar-refractivity contribution is 5.78. The van der Waals surface area contributed by atoms with E-state index in [0.717, 1.165) is 0 Å². The Labute approximate surface area is 82.0 Å². The van der Waals surface area contributed by atoms with E-state index in [1.807, 2.05) is 0 Å². The molecule has 0 unspecified atom stereocenters. The highest BCUT2D eigenvalue weighted by Crippen LogP contribution is 2.29. The van der Waals surface area contributed by atoms with Crippen LogP contribution >= 0.6 is 0 Å². The van der Waals surface area contributed by atoms with E-state index in [-0.39, 0.29) is 37.1 Å². The Bertz CT molecular complexity index is 226. The van der Waals surface area contributed by atoms with E-state index < -0.39 is 0 Å². The maximum absolute atomic E-state index is 10.7. The first-order chi connectivity index (χ1) is 6.63. The van der Waals surface area contributed by atoms with Gasteiger partial charge in [-0.1, -0.05) is 0 Å². The third-order valence-corrected chi connectivity index (χ3v) is 2.27. The van der Waals surface area contributed by atoms with E-state index in [1.165, 1.54) is 0 Å². The summed E-state index contributed by atoms with van der Waals surface area (Å²) in [5.74, 6) is -0.600. The predicted octanol–water partition coefficient (Wildman–Crippen LogP) is -1.70. The minimum atomic E-state index is -0.282. The van der Waals surface area contributed by atoms with E-state index in [2.05, 4.69) is 5.32 Å². The average Bonchev–Trinajstić information content (AvgIpc) is 2.07. The fraction of sp³-hybridized carbons (Fsp3) is 0.750. The molecule has 0 bridgehead atoms. The molecule has 6 nitrogen and oxygen atoms in total. The SMILES string of the molecule is NCC(=O)NCOC1CC(C(N)=O)C1. The molecule has 1 rings (SSSR count). The lowest BCUT2D eigenvalue weighted by molar-refractivity contribution is -0.133. The minimum Gasteiger partial charge on any atom is -0.369 e. The number of ether oxygens (including phenoxy) is 1. The van der Waals surface area contributed by atoms with Crippen LogP contribution < -0.4 is 16.8 Å². The third-order valence-electron chi connectivity index (χ3n) is 2.27.